The molecule has 1 aromatic rings. The van der Waals surface area contributed by atoms with Gasteiger partial charge in [0.2, 0.25) is 5.91 Å². The van der Waals surface area contributed by atoms with E-state index in [9.17, 15) is 9.59 Å². The van der Waals surface area contributed by atoms with Gasteiger partial charge in [0.25, 0.3) is 0 Å². The highest BCUT2D eigenvalue weighted by atomic mass is 16.4. The van der Waals surface area contributed by atoms with Gasteiger partial charge in [0.15, 0.2) is 0 Å². The minimum Gasteiger partial charge on any atom is -0.481 e. The van der Waals surface area contributed by atoms with Crippen molar-refractivity contribution in [2.75, 3.05) is 6.54 Å². The van der Waals surface area contributed by atoms with E-state index in [1.165, 1.54) is 5.56 Å². The molecule has 0 saturated carbocycles. The quantitative estimate of drug-likeness (QED) is 0.785. The number of carboxylic acids is 1. The second-order valence-corrected chi connectivity index (χ2v) is 3.92. The second kappa shape index (κ2) is 6.68. The Morgan fingerprint density at radius 3 is 2.59 bits per heavy atom. The van der Waals surface area contributed by atoms with E-state index < -0.39 is 5.97 Å². The molecule has 2 N–H and O–H groups in total. The summed E-state index contributed by atoms with van der Waals surface area (Å²) in [5.41, 5.74) is 2.33. The first-order valence-electron chi connectivity index (χ1n) is 5.62. The van der Waals surface area contributed by atoms with Crippen LogP contribution in [0.25, 0.3) is 0 Å². The van der Waals surface area contributed by atoms with Gasteiger partial charge in [-0.3, -0.25) is 9.59 Å². The van der Waals surface area contributed by atoms with Crippen molar-refractivity contribution >= 4 is 11.9 Å². The number of carbonyl (C=O) groups is 2. The number of aliphatic carboxylic acids is 1. The summed E-state index contributed by atoms with van der Waals surface area (Å²) in [6.45, 7) is 2.21. The van der Waals surface area contributed by atoms with E-state index >= 15 is 0 Å². The minimum atomic E-state index is -0.899. The Morgan fingerprint density at radius 1 is 1.24 bits per heavy atom. The fraction of sp³-hybridized carbons (Fsp3) is 0.385. The van der Waals surface area contributed by atoms with Crippen LogP contribution in [-0.2, 0) is 16.0 Å². The Morgan fingerprint density at radius 2 is 1.94 bits per heavy atom. The van der Waals surface area contributed by atoms with Crippen LogP contribution >= 0.6 is 0 Å². The Bertz CT molecular complexity index is 401. The maximum absolute atomic E-state index is 11.4. The predicted molar refractivity (Wildman–Crippen MR) is 64.8 cm³/mol. The van der Waals surface area contributed by atoms with E-state index in [4.69, 9.17) is 5.11 Å². The average Bonchev–Trinajstić information content (AvgIpc) is 2.27. The third-order valence-corrected chi connectivity index (χ3v) is 2.54. The van der Waals surface area contributed by atoms with E-state index in [0.717, 1.165) is 5.56 Å². The standard InChI is InChI=1S/C13H17NO3/c1-10-4-2-3-5-11(10)6-7-12(15)14-9-8-13(16)17/h2-5H,6-9H2,1H3,(H,14,15)(H,16,17). The lowest BCUT2D eigenvalue weighted by molar-refractivity contribution is -0.136. The molecule has 0 spiro atoms. The van der Waals surface area contributed by atoms with Gasteiger partial charge in [0, 0.05) is 13.0 Å². The van der Waals surface area contributed by atoms with Gasteiger partial charge in [-0.05, 0) is 24.5 Å². The highest BCUT2D eigenvalue weighted by molar-refractivity contribution is 5.77. The van der Waals surface area contributed by atoms with Crippen LogP contribution in [0, 0.1) is 6.92 Å². The van der Waals surface area contributed by atoms with Crippen LogP contribution in [0.15, 0.2) is 24.3 Å². The van der Waals surface area contributed by atoms with Gasteiger partial charge in [-0.25, -0.2) is 0 Å². The normalized spacial score (nSPS) is 9.94. The first-order chi connectivity index (χ1) is 8.09. The molecule has 0 unspecified atom stereocenters. The molecule has 4 nitrogen and oxygen atoms in total. The fourth-order valence-electron chi connectivity index (χ4n) is 1.54. The maximum Gasteiger partial charge on any atom is 0.305 e. The smallest absolute Gasteiger partial charge is 0.305 e. The van der Waals surface area contributed by atoms with Gasteiger partial charge in [-0.1, -0.05) is 24.3 Å². The first kappa shape index (κ1) is 13.2. The van der Waals surface area contributed by atoms with Crippen molar-refractivity contribution in [1.29, 1.82) is 0 Å². The number of aryl methyl sites for hydroxylation is 2. The monoisotopic (exact) mass is 235 g/mol. The summed E-state index contributed by atoms with van der Waals surface area (Å²) in [6, 6.07) is 7.92. The summed E-state index contributed by atoms with van der Waals surface area (Å²) in [7, 11) is 0. The third-order valence-electron chi connectivity index (χ3n) is 2.54. The predicted octanol–water partition coefficient (Wildman–Crippen LogP) is 1.52. The molecule has 1 aromatic carbocycles. The number of carbonyl (C=O) groups excluding carboxylic acids is 1. The minimum absolute atomic E-state index is 0.0316. The Balaban J connectivity index is 2.29. The van der Waals surface area contributed by atoms with Gasteiger partial charge in [0.1, 0.15) is 0 Å². The second-order valence-electron chi connectivity index (χ2n) is 3.92. The lowest BCUT2D eigenvalue weighted by Crippen LogP contribution is -2.26. The number of nitrogens with one attached hydrogen (secondary N) is 1. The summed E-state index contributed by atoms with van der Waals surface area (Å²) in [4.78, 5) is 21.7. The van der Waals surface area contributed by atoms with Crippen LogP contribution in [0.2, 0.25) is 0 Å². The first-order valence-corrected chi connectivity index (χ1v) is 5.62. The molecule has 1 amide bonds. The van der Waals surface area contributed by atoms with Gasteiger partial charge in [-0.15, -0.1) is 0 Å². The fourth-order valence-corrected chi connectivity index (χ4v) is 1.54. The van der Waals surface area contributed by atoms with Crippen molar-refractivity contribution in [2.45, 2.75) is 26.2 Å². The summed E-state index contributed by atoms with van der Waals surface area (Å²) in [5, 5.41) is 11.0. The van der Waals surface area contributed by atoms with Crippen LogP contribution in [-0.4, -0.2) is 23.5 Å². The molecule has 0 aliphatic heterocycles. The number of hydrogen-bond donors (Lipinski definition) is 2. The van der Waals surface area contributed by atoms with Crippen LogP contribution in [0.3, 0.4) is 0 Å². The number of hydrogen-bond acceptors (Lipinski definition) is 2. The van der Waals surface area contributed by atoms with E-state index in [1.54, 1.807) is 0 Å². The van der Waals surface area contributed by atoms with Crippen molar-refractivity contribution in [3.63, 3.8) is 0 Å². The zero-order chi connectivity index (χ0) is 12.7. The largest absolute Gasteiger partial charge is 0.481 e. The van der Waals surface area contributed by atoms with Gasteiger partial charge < -0.3 is 10.4 Å². The Hall–Kier alpha value is -1.84. The van der Waals surface area contributed by atoms with Crippen LogP contribution in [0.1, 0.15) is 24.0 Å². The van der Waals surface area contributed by atoms with Crippen LogP contribution < -0.4 is 5.32 Å². The zero-order valence-corrected chi connectivity index (χ0v) is 9.90. The molecule has 0 aliphatic carbocycles. The molecule has 1 rings (SSSR count). The molecule has 92 valence electrons. The molecule has 17 heavy (non-hydrogen) atoms. The molecule has 0 heterocycles. The lowest BCUT2D eigenvalue weighted by atomic mass is 10.0. The Kier molecular flexibility index (Phi) is 5.20. The SMILES string of the molecule is Cc1ccccc1CCC(=O)NCCC(=O)O. The molecule has 0 bridgehead atoms. The van der Waals surface area contributed by atoms with Crippen LogP contribution in [0.4, 0.5) is 0 Å². The maximum atomic E-state index is 11.4. The molecule has 0 saturated heterocycles. The van der Waals surface area contributed by atoms with Gasteiger partial charge >= 0.3 is 5.97 Å². The van der Waals surface area contributed by atoms with Gasteiger partial charge in [0.05, 0.1) is 6.42 Å². The van der Waals surface area contributed by atoms with E-state index in [0.29, 0.717) is 12.8 Å². The molecular weight excluding hydrogens is 218 g/mol. The average molecular weight is 235 g/mol. The van der Waals surface area contributed by atoms with Crippen molar-refractivity contribution < 1.29 is 14.7 Å². The number of amides is 1. The van der Waals surface area contributed by atoms with E-state index in [2.05, 4.69) is 5.32 Å². The number of rotatable bonds is 6. The van der Waals surface area contributed by atoms with Crippen molar-refractivity contribution in [2.24, 2.45) is 0 Å². The summed E-state index contributed by atoms with van der Waals surface area (Å²) < 4.78 is 0. The molecule has 0 fully saturated rings. The van der Waals surface area contributed by atoms with Crippen LogP contribution in [0.5, 0.6) is 0 Å². The zero-order valence-electron chi connectivity index (χ0n) is 9.90. The van der Waals surface area contributed by atoms with E-state index in [1.807, 2.05) is 31.2 Å². The Labute approximate surface area is 101 Å². The molecule has 0 aliphatic rings. The summed E-state index contributed by atoms with van der Waals surface area (Å²) >= 11 is 0. The lowest BCUT2D eigenvalue weighted by Gasteiger charge is -2.06. The van der Waals surface area contributed by atoms with Crippen molar-refractivity contribution in [3.8, 4) is 0 Å². The molecule has 4 heteroatoms. The number of carboxylic acid groups (broad SMARTS) is 1. The highest BCUT2D eigenvalue weighted by Crippen LogP contribution is 2.09. The summed E-state index contributed by atoms with van der Waals surface area (Å²) in [5.74, 6) is -1.00. The highest BCUT2D eigenvalue weighted by Gasteiger charge is 2.04. The molecular formula is C13H17NO3. The van der Waals surface area contributed by atoms with Crippen molar-refractivity contribution in [1.82, 2.24) is 5.32 Å². The molecule has 0 radical (unpaired) electrons. The topological polar surface area (TPSA) is 66.4 Å². The van der Waals surface area contributed by atoms with Gasteiger partial charge in [-0.2, -0.15) is 0 Å². The molecule has 0 atom stereocenters. The van der Waals surface area contributed by atoms with E-state index in [-0.39, 0.29) is 18.9 Å². The van der Waals surface area contributed by atoms with Crippen molar-refractivity contribution in [3.05, 3.63) is 35.4 Å². The third kappa shape index (κ3) is 5.15. The number of benzene rings is 1. The molecule has 0 aromatic heterocycles. The summed E-state index contributed by atoms with van der Waals surface area (Å²) in [6.07, 6.45) is 1.05.